The van der Waals surface area contributed by atoms with Crippen LogP contribution in [0.1, 0.15) is 45.2 Å². The highest BCUT2D eigenvalue weighted by Gasteiger charge is 2.41. The summed E-state index contributed by atoms with van der Waals surface area (Å²) in [6.45, 7) is 0. The first kappa shape index (κ1) is 39.1. The fourth-order valence-corrected chi connectivity index (χ4v) is 10.8. The second-order valence-electron chi connectivity index (χ2n) is 17.9. The van der Waals surface area contributed by atoms with Gasteiger partial charge in [0.2, 0.25) is 0 Å². The minimum Gasteiger partial charge on any atom is -0.455 e. The standard InChI is InChI=1S/C63H39N5O/c1-4-17-38(18-5-1)43-23-10-13-27-50(43)62-66-61(67-63(68-62)51-29-16-28-49-44-24-14-15-30-56(44)69-59(49)51)42-32-34-48-53(36-42)58-46-26-12-11-25-45(46)57(48)52-35-41(31-33-47(52)58)55-37-54(39-19-6-2-7-20-39)64-60(65-55)40-21-8-3-9-22-40/h1-37,57-58H. The summed E-state index contributed by atoms with van der Waals surface area (Å²) in [7, 11) is 0. The molecule has 12 aromatic rings. The normalized spacial score (nSPS) is 14.4. The molecule has 69 heavy (non-hydrogen) atoms. The minimum atomic E-state index is 0.0132. The average molecular weight is 882 g/mol. The van der Waals surface area contributed by atoms with Crippen molar-refractivity contribution < 1.29 is 4.42 Å². The van der Waals surface area contributed by atoms with E-state index in [0.29, 0.717) is 23.3 Å². The fraction of sp³-hybridized carbons (Fsp3) is 0.0317. The molecule has 0 saturated carbocycles. The average Bonchev–Trinajstić information content (AvgIpc) is 3.82. The van der Waals surface area contributed by atoms with Crippen LogP contribution in [0.15, 0.2) is 229 Å². The van der Waals surface area contributed by atoms with E-state index in [9.17, 15) is 0 Å². The van der Waals surface area contributed by atoms with Crippen LogP contribution >= 0.6 is 0 Å². The van der Waals surface area contributed by atoms with E-state index in [1.54, 1.807) is 0 Å². The van der Waals surface area contributed by atoms with E-state index in [0.717, 1.165) is 77.8 Å². The Kier molecular flexibility index (Phi) is 8.92. The molecule has 3 heterocycles. The lowest BCUT2D eigenvalue weighted by molar-refractivity contribution is 0.669. The molecule has 0 N–H and O–H groups in total. The molecule has 15 rings (SSSR count). The summed E-state index contributed by atoms with van der Waals surface area (Å²) in [4.78, 5) is 26.2. The van der Waals surface area contributed by atoms with Gasteiger partial charge < -0.3 is 4.42 Å². The Hall–Kier alpha value is -9.13. The fourth-order valence-electron chi connectivity index (χ4n) is 10.8. The Balaban J connectivity index is 0.927. The van der Waals surface area contributed by atoms with Crippen LogP contribution in [0.5, 0.6) is 0 Å². The predicted octanol–water partition coefficient (Wildman–Crippen LogP) is 15.2. The number of aromatic nitrogens is 5. The van der Waals surface area contributed by atoms with Gasteiger partial charge in [0.25, 0.3) is 0 Å². The molecular weight excluding hydrogens is 843 g/mol. The third kappa shape index (κ3) is 6.45. The summed E-state index contributed by atoms with van der Waals surface area (Å²) in [5, 5.41) is 2.08. The summed E-state index contributed by atoms with van der Waals surface area (Å²) in [5.41, 5.74) is 19.1. The van der Waals surface area contributed by atoms with Crippen molar-refractivity contribution in [3.05, 3.63) is 258 Å². The molecule has 0 aliphatic heterocycles. The highest BCUT2D eigenvalue weighted by molar-refractivity contribution is 6.09. The molecule has 322 valence electrons. The van der Waals surface area contributed by atoms with Gasteiger partial charge in [-0.05, 0) is 74.8 Å². The maximum Gasteiger partial charge on any atom is 0.167 e. The third-order valence-electron chi connectivity index (χ3n) is 14.0. The van der Waals surface area contributed by atoms with Gasteiger partial charge in [0, 0.05) is 50.4 Å². The maximum absolute atomic E-state index is 6.58. The van der Waals surface area contributed by atoms with E-state index < -0.39 is 0 Å². The van der Waals surface area contributed by atoms with Crippen molar-refractivity contribution in [2.24, 2.45) is 0 Å². The SMILES string of the molecule is c1ccc(-c2cc(-c3ccc4c(c3)C3c5ccccc5C4c4cc(-c5nc(-c6ccccc6-c6ccccc6)nc(-c6cccc7c6oc6ccccc67)n5)ccc43)nc(-c3ccccc3)n2)cc1. The van der Waals surface area contributed by atoms with Crippen molar-refractivity contribution in [3.63, 3.8) is 0 Å². The monoisotopic (exact) mass is 881 g/mol. The number of rotatable bonds is 7. The van der Waals surface area contributed by atoms with E-state index in [1.807, 2.05) is 48.5 Å². The molecule has 2 atom stereocenters. The van der Waals surface area contributed by atoms with Crippen LogP contribution in [-0.4, -0.2) is 24.9 Å². The van der Waals surface area contributed by atoms with E-state index in [2.05, 4.69) is 176 Å². The molecule has 2 unspecified atom stereocenters. The van der Waals surface area contributed by atoms with E-state index in [-0.39, 0.29) is 11.8 Å². The van der Waals surface area contributed by atoms with Gasteiger partial charge in [0.1, 0.15) is 11.2 Å². The number of furan rings is 1. The minimum absolute atomic E-state index is 0.0132. The first-order chi connectivity index (χ1) is 34.2. The van der Waals surface area contributed by atoms with Crippen LogP contribution in [-0.2, 0) is 0 Å². The van der Waals surface area contributed by atoms with Crippen molar-refractivity contribution in [3.8, 4) is 79.2 Å². The third-order valence-corrected chi connectivity index (χ3v) is 14.0. The smallest absolute Gasteiger partial charge is 0.167 e. The molecule has 9 aromatic carbocycles. The number of fused-ring (bicyclic) bond motifs is 3. The van der Waals surface area contributed by atoms with Crippen molar-refractivity contribution in [2.45, 2.75) is 11.8 Å². The van der Waals surface area contributed by atoms with Crippen molar-refractivity contribution in [2.75, 3.05) is 0 Å². The van der Waals surface area contributed by atoms with E-state index in [1.165, 1.54) is 33.4 Å². The van der Waals surface area contributed by atoms with Crippen LogP contribution in [0.2, 0.25) is 0 Å². The van der Waals surface area contributed by atoms with Crippen LogP contribution in [0, 0.1) is 0 Å². The molecular formula is C63H39N5O. The number of nitrogens with zero attached hydrogens (tertiary/aromatic N) is 5. The largest absolute Gasteiger partial charge is 0.455 e. The highest BCUT2D eigenvalue weighted by atomic mass is 16.3. The molecule has 2 bridgehead atoms. The first-order valence-electron chi connectivity index (χ1n) is 23.4. The molecule has 0 spiro atoms. The van der Waals surface area contributed by atoms with Gasteiger partial charge in [-0.15, -0.1) is 0 Å². The summed E-state index contributed by atoms with van der Waals surface area (Å²) in [6, 6.07) is 78.6. The first-order valence-corrected chi connectivity index (χ1v) is 23.4. The van der Waals surface area contributed by atoms with Gasteiger partial charge in [0.05, 0.1) is 17.0 Å². The molecule has 0 fully saturated rings. The Morgan fingerprint density at radius 3 is 1.46 bits per heavy atom. The van der Waals surface area contributed by atoms with Gasteiger partial charge in [-0.2, -0.15) is 0 Å². The van der Waals surface area contributed by atoms with Gasteiger partial charge in [-0.25, -0.2) is 24.9 Å². The van der Waals surface area contributed by atoms with E-state index >= 15 is 0 Å². The Morgan fingerprint density at radius 1 is 0.275 bits per heavy atom. The second kappa shape index (κ2) is 15.8. The van der Waals surface area contributed by atoms with Gasteiger partial charge in [-0.1, -0.05) is 194 Å². The quantitative estimate of drug-likeness (QED) is 0.159. The van der Waals surface area contributed by atoms with Crippen molar-refractivity contribution >= 4 is 21.9 Å². The Bertz CT molecular complexity index is 3920. The summed E-state index contributed by atoms with van der Waals surface area (Å²) < 4.78 is 6.58. The Morgan fingerprint density at radius 2 is 0.754 bits per heavy atom. The topological polar surface area (TPSA) is 77.6 Å². The Labute approximate surface area is 398 Å². The van der Waals surface area contributed by atoms with E-state index in [4.69, 9.17) is 29.3 Å². The van der Waals surface area contributed by atoms with Gasteiger partial charge >= 0.3 is 0 Å². The van der Waals surface area contributed by atoms with Gasteiger partial charge in [-0.3, -0.25) is 0 Å². The lowest BCUT2D eigenvalue weighted by atomic mass is 9.60. The molecule has 6 nitrogen and oxygen atoms in total. The van der Waals surface area contributed by atoms with Crippen LogP contribution < -0.4 is 0 Å². The summed E-state index contributed by atoms with van der Waals surface area (Å²) in [5.74, 6) is 2.51. The lowest BCUT2D eigenvalue weighted by Crippen LogP contribution is -2.27. The van der Waals surface area contributed by atoms with Crippen molar-refractivity contribution in [1.29, 1.82) is 0 Å². The summed E-state index contributed by atoms with van der Waals surface area (Å²) in [6.07, 6.45) is 0. The highest BCUT2D eigenvalue weighted by Crippen LogP contribution is 2.57. The predicted molar refractivity (Wildman–Crippen MR) is 276 cm³/mol. The lowest BCUT2D eigenvalue weighted by Gasteiger charge is -2.42. The molecule has 0 amide bonds. The number of hydrogen-bond acceptors (Lipinski definition) is 6. The number of hydrogen-bond donors (Lipinski definition) is 0. The maximum atomic E-state index is 6.58. The number of para-hydroxylation sites is 2. The summed E-state index contributed by atoms with van der Waals surface area (Å²) >= 11 is 0. The zero-order chi connectivity index (χ0) is 45.4. The second-order valence-corrected chi connectivity index (χ2v) is 17.9. The molecule has 3 aliphatic rings. The van der Waals surface area contributed by atoms with Crippen LogP contribution in [0.25, 0.3) is 101 Å². The molecule has 0 radical (unpaired) electrons. The number of benzene rings is 9. The zero-order valence-electron chi connectivity index (χ0n) is 37.2. The molecule has 3 aliphatic carbocycles. The zero-order valence-corrected chi connectivity index (χ0v) is 37.2. The van der Waals surface area contributed by atoms with Crippen molar-refractivity contribution in [1.82, 2.24) is 24.9 Å². The molecule has 0 saturated heterocycles. The molecule has 6 heteroatoms. The van der Waals surface area contributed by atoms with Crippen LogP contribution in [0.3, 0.4) is 0 Å². The van der Waals surface area contributed by atoms with Gasteiger partial charge in [0.15, 0.2) is 23.3 Å². The van der Waals surface area contributed by atoms with Crippen LogP contribution in [0.4, 0.5) is 0 Å². The molecule has 3 aromatic heterocycles.